The number of benzene rings is 3. The number of thioether (sulfide) groups is 1. The van der Waals surface area contributed by atoms with Crippen LogP contribution in [0.1, 0.15) is 40.1 Å². The average molecular weight is 716 g/mol. The van der Waals surface area contributed by atoms with Gasteiger partial charge in [-0.3, -0.25) is 24.1 Å². The number of nitrogens with zero attached hydrogens (tertiary/aromatic N) is 1. The highest BCUT2D eigenvalue weighted by atomic mass is 35.5. The lowest BCUT2D eigenvalue weighted by atomic mass is 9.68. The van der Waals surface area contributed by atoms with E-state index in [1.807, 2.05) is 18.2 Å². The second-order valence-electron chi connectivity index (χ2n) is 12.7. The summed E-state index contributed by atoms with van der Waals surface area (Å²) in [5.41, 5.74) is 2.32. The minimum absolute atomic E-state index is 0.00143. The van der Waals surface area contributed by atoms with E-state index in [1.54, 1.807) is 73.3 Å². The number of thiazole rings is 1. The molecule has 0 radical (unpaired) electrons. The molecule has 2 aliphatic carbocycles. The highest BCUT2D eigenvalue weighted by Crippen LogP contribution is 2.68. The summed E-state index contributed by atoms with van der Waals surface area (Å²) in [5, 5.41) is 4.19. The Labute approximate surface area is 294 Å². The summed E-state index contributed by atoms with van der Waals surface area (Å²) in [4.78, 5) is 70.7. The number of imide groups is 1. The van der Waals surface area contributed by atoms with Crippen LogP contribution >= 0.6 is 34.7 Å². The Morgan fingerprint density at radius 1 is 0.980 bits per heavy atom. The zero-order valence-electron chi connectivity index (χ0n) is 26.1. The van der Waals surface area contributed by atoms with Crippen LogP contribution < -0.4 is 19.8 Å². The molecule has 8 rings (SSSR count). The molecule has 3 heterocycles. The van der Waals surface area contributed by atoms with Crippen LogP contribution in [-0.4, -0.2) is 47.1 Å². The summed E-state index contributed by atoms with van der Waals surface area (Å²) >= 11 is 8.74. The van der Waals surface area contributed by atoms with E-state index < -0.39 is 17.8 Å². The molecule has 3 amide bonds. The van der Waals surface area contributed by atoms with E-state index in [9.17, 15) is 24.0 Å². The number of ether oxygens (including phenoxy) is 2. The van der Waals surface area contributed by atoms with Gasteiger partial charge in [0.1, 0.15) is 5.75 Å². The van der Waals surface area contributed by atoms with E-state index in [0.29, 0.717) is 27.7 Å². The van der Waals surface area contributed by atoms with Crippen LogP contribution in [0.25, 0.3) is 0 Å². The van der Waals surface area contributed by atoms with Crippen LogP contribution in [-0.2, 0) is 19.1 Å². The molecule has 4 aromatic rings. The number of amides is 3. The minimum atomic E-state index is -0.472. The number of rotatable bonds is 8. The number of anilines is 2. The third-order valence-electron chi connectivity index (χ3n) is 10.1. The quantitative estimate of drug-likeness (QED) is 0.169. The predicted octanol–water partition coefficient (Wildman–Crippen LogP) is 5.96. The summed E-state index contributed by atoms with van der Waals surface area (Å²) in [6.07, 6.45) is 0.752. The van der Waals surface area contributed by atoms with E-state index in [4.69, 9.17) is 21.1 Å². The molecule has 10 nitrogen and oxygen atoms in total. The summed E-state index contributed by atoms with van der Waals surface area (Å²) in [7, 11) is 0. The van der Waals surface area contributed by atoms with Gasteiger partial charge < -0.3 is 19.8 Å². The number of H-pyrrole nitrogens is 1. The maximum absolute atomic E-state index is 14.1. The maximum atomic E-state index is 14.1. The van der Waals surface area contributed by atoms with E-state index in [0.717, 1.165) is 21.9 Å². The molecule has 7 atom stereocenters. The largest absolute Gasteiger partial charge is 0.484 e. The second-order valence-corrected chi connectivity index (χ2v) is 15.3. The zero-order chi connectivity index (χ0) is 34.0. The standard InChI is InChI=1S/C36H30ClN3O7S2/c1-2-46-35(44)17-6-12-21(13-7-17)40-33(42)28-23-15-24(29(28)34(40)43)30-27(23)26(31-32(48-30)39-36(45)49-31)18-4-3-5-22(14-18)47-16-25(41)38-20-10-8-19(37)9-11-20/h3-14,23-24,26-30H,2,15-16H2,1H3,(H,38,41)(H,39,45)/t23-,24-,26+,27-,28+,29+,30-/m1/s1. The molecule has 49 heavy (non-hydrogen) atoms. The SMILES string of the molecule is CCOC(=O)c1ccc(N2C(=O)[C@H]3[C@H]4C[C@@H]([C@@H]3C2=O)[C@@H]2[C@H](c3cccc(OCC(=O)Nc5ccc(Cl)cc5)c3)c3sc(=O)[nH]c3S[C@H]42)cc1. The molecule has 3 fully saturated rings. The summed E-state index contributed by atoms with van der Waals surface area (Å²) in [6, 6.07) is 20.8. The number of nitrogens with one attached hydrogen (secondary N) is 2. The third-order valence-corrected chi connectivity index (χ3v) is 12.9. The fraction of sp³-hybridized carbons (Fsp3) is 0.306. The van der Waals surface area contributed by atoms with Gasteiger partial charge in [0.15, 0.2) is 6.61 Å². The Kier molecular flexibility index (Phi) is 8.12. The number of halogens is 1. The zero-order valence-corrected chi connectivity index (χ0v) is 28.5. The van der Waals surface area contributed by atoms with Crippen molar-refractivity contribution in [1.29, 1.82) is 0 Å². The Balaban J connectivity index is 1.06. The summed E-state index contributed by atoms with van der Waals surface area (Å²) in [5.74, 6) is -1.93. The van der Waals surface area contributed by atoms with Crippen molar-refractivity contribution in [3.63, 3.8) is 0 Å². The summed E-state index contributed by atoms with van der Waals surface area (Å²) < 4.78 is 11.0. The Hall–Kier alpha value is -4.39. The smallest absolute Gasteiger partial charge is 0.338 e. The fourth-order valence-corrected chi connectivity index (χ4v) is 11.3. The minimum Gasteiger partial charge on any atom is -0.484 e. The number of hydrogen-bond acceptors (Lipinski definition) is 9. The Morgan fingerprint density at radius 3 is 2.45 bits per heavy atom. The molecule has 2 saturated carbocycles. The van der Waals surface area contributed by atoms with Gasteiger partial charge in [-0.15, -0.1) is 11.8 Å². The van der Waals surface area contributed by atoms with Crippen LogP contribution in [0.5, 0.6) is 5.75 Å². The van der Waals surface area contributed by atoms with Gasteiger partial charge in [0.25, 0.3) is 5.91 Å². The fourth-order valence-electron chi connectivity index (χ4n) is 8.28. The van der Waals surface area contributed by atoms with Gasteiger partial charge in [-0.05, 0) is 97.3 Å². The third kappa shape index (κ3) is 5.46. The van der Waals surface area contributed by atoms with Crippen molar-refractivity contribution in [1.82, 2.24) is 4.98 Å². The molecule has 0 unspecified atom stereocenters. The van der Waals surface area contributed by atoms with Gasteiger partial charge >= 0.3 is 10.8 Å². The lowest BCUT2D eigenvalue weighted by Crippen LogP contribution is -2.42. The number of aromatic nitrogens is 1. The molecule has 1 saturated heterocycles. The van der Waals surface area contributed by atoms with Crippen LogP contribution in [0, 0.1) is 29.6 Å². The van der Waals surface area contributed by atoms with Gasteiger partial charge in [0.2, 0.25) is 11.8 Å². The predicted molar refractivity (Wildman–Crippen MR) is 185 cm³/mol. The van der Waals surface area contributed by atoms with Crippen LogP contribution in [0.2, 0.25) is 5.02 Å². The highest BCUT2D eigenvalue weighted by Gasteiger charge is 2.69. The maximum Gasteiger partial charge on any atom is 0.338 e. The molecule has 3 aromatic carbocycles. The first-order chi connectivity index (χ1) is 23.7. The first-order valence-electron chi connectivity index (χ1n) is 16.0. The molecule has 0 spiro atoms. The van der Waals surface area contributed by atoms with Gasteiger partial charge in [-0.2, -0.15) is 0 Å². The van der Waals surface area contributed by atoms with Crippen LogP contribution in [0.4, 0.5) is 11.4 Å². The van der Waals surface area contributed by atoms with Crippen LogP contribution in [0.3, 0.4) is 0 Å². The number of hydrogen-bond donors (Lipinski definition) is 2. The van der Waals surface area contributed by atoms with E-state index in [-0.39, 0.29) is 64.7 Å². The molecular formula is C36H30ClN3O7S2. The summed E-state index contributed by atoms with van der Waals surface area (Å²) in [6.45, 7) is 1.77. The average Bonchev–Trinajstić information content (AvgIpc) is 3.84. The van der Waals surface area contributed by atoms with Crippen molar-refractivity contribution in [2.24, 2.45) is 29.6 Å². The van der Waals surface area contributed by atoms with Gasteiger partial charge in [0, 0.05) is 26.8 Å². The second kappa shape index (κ2) is 12.5. The van der Waals surface area contributed by atoms with E-state index in [1.165, 1.54) is 16.2 Å². The molecule has 2 N–H and O–H groups in total. The lowest BCUT2D eigenvalue weighted by molar-refractivity contribution is -0.123. The number of carbonyl (C=O) groups is 4. The van der Waals surface area contributed by atoms with Crippen LogP contribution in [0.15, 0.2) is 82.6 Å². The molecule has 13 heteroatoms. The molecule has 250 valence electrons. The molecule has 2 bridgehead atoms. The first-order valence-corrected chi connectivity index (χ1v) is 18.1. The van der Waals surface area contributed by atoms with E-state index >= 15 is 0 Å². The van der Waals surface area contributed by atoms with Gasteiger partial charge in [0.05, 0.1) is 34.7 Å². The number of carbonyl (C=O) groups excluding carboxylic acids is 4. The number of fused-ring (bicyclic) bond motifs is 9. The Bertz CT molecular complexity index is 2050. The highest BCUT2D eigenvalue weighted by molar-refractivity contribution is 8.00. The number of esters is 1. The topological polar surface area (TPSA) is 135 Å². The molecule has 1 aromatic heterocycles. The molecule has 2 aliphatic heterocycles. The Morgan fingerprint density at radius 2 is 1.71 bits per heavy atom. The molecular weight excluding hydrogens is 686 g/mol. The normalized spacial score (nSPS) is 26.2. The van der Waals surface area contributed by atoms with Crippen molar-refractivity contribution in [3.8, 4) is 5.75 Å². The van der Waals surface area contributed by atoms with E-state index in [2.05, 4.69) is 10.3 Å². The number of aromatic amines is 1. The van der Waals surface area contributed by atoms with Crippen molar-refractivity contribution in [2.75, 3.05) is 23.4 Å². The van der Waals surface area contributed by atoms with Gasteiger partial charge in [-0.25, -0.2) is 4.79 Å². The molecule has 4 aliphatic rings. The lowest BCUT2D eigenvalue weighted by Gasteiger charge is -2.43. The van der Waals surface area contributed by atoms with Crippen molar-refractivity contribution >= 4 is 69.8 Å². The monoisotopic (exact) mass is 715 g/mol. The van der Waals surface area contributed by atoms with Crippen molar-refractivity contribution in [2.45, 2.75) is 29.5 Å². The van der Waals surface area contributed by atoms with Crippen molar-refractivity contribution in [3.05, 3.63) is 103 Å². The van der Waals surface area contributed by atoms with Crippen molar-refractivity contribution < 1.29 is 28.7 Å². The first kappa shape index (κ1) is 31.9. The van der Waals surface area contributed by atoms with Gasteiger partial charge in [-0.1, -0.05) is 35.1 Å².